The molecule has 128 valence electrons. The first-order valence-electron chi connectivity index (χ1n) is 6.69. The molecule has 0 amide bonds. The summed E-state index contributed by atoms with van der Waals surface area (Å²) >= 11 is 0. The first-order chi connectivity index (χ1) is 10.8. The number of ether oxygens (including phenoxy) is 3. The average molecular weight is 349 g/mol. The van der Waals surface area contributed by atoms with Gasteiger partial charge in [0, 0.05) is 19.4 Å². The zero-order chi connectivity index (χ0) is 16.8. The van der Waals surface area contributed by atoms with Crippen molar-refractivity contribution in [2.24, 2.45) is 0 Å². The van der Waals surface area contributed by atoms with Crippen LogP contribution in [0.4, 0.5) is 0 Å². The van der Waals surface area contributed by atoms with Crippen LogP contribution in [0.1, 0.15) is 6.23 Å². The molecule has 0 aliphatic carbocycles. The number of H-pyrrole nitrogens is 1. The fourth-order valence-corrected chi connectivity index (χ4v) is 3.75. The molecule has 2 fully saturated rings. The third-order valence-electron chi connectivity index (χ3n) is 3.87. The molecule has 2 bridgehead atoms. The molecule has 0 saturated carbocycles. The van der Waals surface area contributed by atoms with Gasteiger partial charge in [-0.2, -0.15) is 0 Å². The Morgan fingerprint density at radius 2 is 2.30 bits per heavy atom. The van der Waals surface area contributed by atoms with Crippen LogP contribution in [0.3, 0.4) is 0 Å². The molecule has 4 N–H and O–H groups in total. The lowest BCUT2D eigenvalue weighted by Gasteiger charge is -2.31. The van der Waals surface area contributed by atoms with Crippen LogP contribution in [0.2, 0.25) is 0 Å². The van der Waals surface area contributed by atoms with Gasteiger partial charge in [0.15, 0.2) is 6.23 Å². The number of nitrogens with one attached hydrogen (secondary N) is 2. The Bertz CT molecular complexity index is 756. The summed E-state index contributed by atoms with van der Waals surface area (Å²) < 4.78 is 28.9. The number of hydrogen-bond donors (Lipinski definition) is 4. The second kappa shape index (κ2) is 5.64. The number of aromatic nitrogens is 2. The number of aromatic amines is 1. The topological polar surface area (TPSA) is 152 Å². The Balaban J connectivity index is 1.98. The van der Waals surface area contributed by atoms with Crippen LogP contribution >= 0.6 is 7.75 Å². The van der Waals surface area contributed by atoms with Crippen molar-refractivity contribution in [2.75, 3.05) is 20.3 Å². The number of hydrogen-bond acceptors (Lipinski definition) is 6. The van der Waals surface area contributed by atoms with Crippen molar-refractivity contribution in [2.45, 2.75) is 24.0 Å². The lowest BCUT2D eigenvalue weighted by atomic mass is 9.98. The van der Waals surface area contributed by atoms with Gasteiger partial charge in [-0.3, -0.25) is 14.3 Å². The molecule has 0 radical (unpaired) electrons. The molecule has 0 aromatic carbocycles. The van der Waals surface area contributed by atoms with Gasteiger partial charge in [-0.05, 0) is 0 Å². The number of nitrogens with zero attached hydrogens (tertiary/aromatic N) is 1. The van der Waals surface area contributed by atoms with Gasteiger partial charge in [-0.25, -0.2) is 14.4 Å². The molecule has 0 spiro atoms. The van der Waals surface area contributed by atoms with Gasteiger partial charge in [0.25, 0.3) is 5.56 Å². The summed E-state index contributed by atoms with van der Waals surface area (Å²) in [7, 11) is -3.15. The van der Waals surface area contributed by atoms with Gasteiger partial charge in [0.05, 0.1) is 19.3 Å². The molecule has 11 nitrogen and oxygen atoms in total. The molecule has 2 saturated heterocycles. The van der Waals surface area contributed by atoms with E-state index < -0.39 is 43.0 Å². The largest absolute Gasteiger partial charge is 0.400 e. The smallest absolute Gasteiger partial charge is 0.382 e. The van der Waals surface area contributed by atoms with Crippen molar-refractivity contribution in [1.29, 1.82) is 0 Å². The van der Waals surface area contributed by atoms with Crippen molar-refractivity contribution >= 4 is 7.75 Å². The van der Waals surface area contributed by atoms with Crippen LogP contribution in [0.25, 0.3) is 0 Å². The summed E-state index contributed by atoms with van der Waals surface area (Å²) in [6.45, 7) is 0.0630. The molecular weight excluding hydrogens is 333 g/mol. The summed E-state index contributed by atoms with van der Waals surface area (Å²) in [6, 6.07) is 0.262. The fraction of sp³-hybridized carbons (Fsp3) is 0.636. The maximum Gasteiger partial charge on any atom is 0.400 e. The standard InChI is InChI=1S/C11H16N3O8P/c1-20-4-11-5-21-7(8(11)13-23(17,18)19)9(22-11)14-3-2-6(15)12-10(14)16/h2-3,7-9H,4-5H2,1H3,(H,12,15,16)(H3,13,17,18,19)/t7?,8?,9-,11+/m1/s1. The van der Waals surface area contributed by atoms with Crippen molar-refractivity contribution in [1.82, 2.24) is 14.6 Å². The first-order valence-corrected chi connectivity index (χ1v) is 8.30. The van der Waals surface area contributed by atoms with Gasteiger partial charge < -0.3 is 24.0 Å². The lowest BCUT2D eigenvalue weighted by Crippen LogP contribution is -2.50. The normalized spacial score (nSPS) is 33.3. The Kier molecular flexibility index (Phi) is 4.05. The van der Waals surface area contributed by atoms with E-state index >= 15 is 0 Å². The van der Waals surface area contributed by atoms with Crippen LogP contribution < -0.4 is 16.3 Å². The quantitative estimate of drug-likeness (QED) is 0.438. The van der Waals surface area contributed by atoms with Crippen LogP contribution in [-0.2, 0) is 18.8 Å². The highest BCUT2D eigenvalue weighted by Crippen LogP contribution is 2.47. The summed E-state index contributed by atoms with van der Waals surface area (Å²) in [5.74, 6) is 0. The molecule has 2 unspecified atom stereocenters. The van der Waals surface area contributed by atoms with Crippen LogP contribution in [0, 0.1) is 0 Å². The van der Waals surface area contributed by atoms with Crippen LogP contribution in [0.15, 0.2) is 21.9 Å². The third kappa shape index (κ3) is 2.92. The summed E-state index contributed by atoms with van der Waals surface area (Å²) in [4.78, 5) is 43.6. The van der Waals surface area contributed by atoms with Gasteiger partial charge in [-0.15, -0.1) is 0 Å². The molecular formula is C11H16N3O8P. The zero-order valence-electron chi connectivity index (χ0n) is 12.0. The van der Waals surface area contributed by atoms with E-state index in [9.17, 15) is 23.9 Å². The summed E-state index contributed by atoms with van der Waals surface area (Å²) in [5, 5.41) is 2.19. The minimum Gasteiger partial charge on any atom is -0.382 e. The van der Waals surface area contributed by atoms with Gasteiger partial charge in [0.1, 0.15) is 11.7 Å². The second-order valence-corrected chi connectivity index (χ2v) is 6.80. The molecule has 2 aliphatic heterocycles. The van der Waals surface area contributed by atoms with Crippen LogP contribution in [0.5, 0.6) is 0 Å². The van der Waals surface area contributed by atoms with Crippen LogP contribution in [-0.4, -0.2) is 57.4 Å². The van der Waals surface area contributed by atoms with Gasteiger partial charge in [-0.1, -0.05) is 0 Å². The Labute approximate surface area is 129 Å². The molecule has 12 heteroatoms. The average Bonchev–Trinajstić information content (AvgIpc) is 2.89. The molecule has 3 heterocycles. The number of methoxy groups -OCH3 is 1. The van der Waals surface area contributed by atoms with Crippen molar-refractivity contribution in [3.8, 4) is 0 Å². The van der Waals surface area contributed by atoms with Crippen molar-refractivity contribution in [3.63, 3.8) is 0 Å². The predicted molar refractivity (Wildman–Crippen MR) is 74.8 cm³/mol. The maximum atomic E-state index is 11.9. The Morgan fingerprint density at radius 3 is 2.91 bits per heavy atom. The number of rotatable bonds is 5. The monoisotopic (exact) mass is 349 g/mol. The predicted octanol–water partition coefficient (Wildman–Crippen LogP) is -2.10. The minimum atomic E-state index is -4.56. The molecule has 4 atom stereocenters. The van der Waals surface area contributed by atoms with E-state index in [2.05, 4.69) is 10.1 Å². The summed E-state index contributed by atoms with van der Waals surface area (Å²) in [5.41, 5.74) is -2.42. The lowest BCUT2D eigenvalue weighted by molar-refractivity contribution is -0.188. The highest BCUT2D eigenvalue weighted by atomic mass is 31.2. The highest BCUT2D eigenvalue weighted by Gasteiger charge is 2.63. The van der Waals surface area contributed by atoms with Crippen molar-refractivity contribution in [3.05, 3.63) is 33.1 Å². The summed E-state index contributed by atoms with van der Waals surface area (Å²) in [6.07, 6.45) is -0.543. The van der Waals surface area contributed by atoms with E-state index in [1.165, 1.54) is 13.3 Å². The SMILES string of the molecule is COC[C@]12COC(C1NP(=O)(O)O)[C@H](n1ccc(=O)[nH]c1=O)O2. The van der Waals surface area contributed by atoms with E-state index in [0.29, 0.717) is 0 Å². The molecule has 1 aromatic rings. The maximum absolute atomic E-state index is 11.9. The minimum absolute atomic E-state index is 0.00969. The highest BCUT2D eigenvalue weighted by molar-refractivity contribution is 7.49. The van der Waals surface area contributed by atoms with Gasteiger partial charge in [0.2, 0.25) is 0 Å². The Morgan fingerprint density at radius 1 is 1.57 bits per heavy atom. The molecule has 1 aromatic heterocycles. The zero-order valence-corrected chi connectivity index (χ0v) is 12.9. The fourth-order valence-electron chi connectivity index (χ4n) is 3.01. The third-order valence-corrected chi connectivity index (χ3v) is 4.49. The molecule has 23 heavy (non-hydrogen) atoms. The van der Waals surface area contributed by atoms with E-state index in [1.54, 1.807) is 0 Å². The first kappa shape index (κ1) is 16.5. The molecule has 2 aliphatic rings. The number of fused-ring (bicyclic) bond motifs is 2. The van der Waals surface area contributed by atoms with E-state index in [-0.39, 0.29) is 13.2 Å². The van der Waals surface area contributed by atoms with E-state index in [1.807, 2.05) is 0 Å². The van der Waals surface area contributed by atoms with Gasteiger partial charge >= 0.3 is 13.4 Å². The van der Waals surface area contributed by atoms with E-state index in [4.69, 9.17) is 14.2 Å². The molecule has 3 rings (SSSR count). The second-order valence-electron chi connectivity index (χ2n) is 5.45. The Hall–Kier alpha value is -1.33. The van der Waals surface area contributed by atoms with E-state index in [0.717, 1.165) is 10.6 Å². The van der Waals surface area contributed by atoms with Crippen molar-refractivity contribution < 1.29 is 28.6 Å².